The Morgan fingerprint density at radius 3 is 2.50 bits per heavy atom. The number of hydrogen-bond donors (Lipinski definition) is 1. The minimum absolute atomic E-state index is 0.282. The van der Waals surface area contributed by atoms with E-state index in [4.69, 9.17) is 16.0 Å². The molecule has 0 spiro atoms. The number of rotatable bonds is 5. The van der Waals surface area contributed by atoms with Gasteiger partial charge in [0.1, 0.15) is 5.76 Å². The molecule has 0 fully saturated rings. The highest BCUT2D eigenvalue weighted by atomic mass is 35.5. The zero-order valence-corrected chi connectivity index (χ0v) is 9.77. The van der Waals surface area contributed by atoms with Gasteiger partial charge in [-0.2, -0.15) is 0 Å². The van der Waals surface area contributed by atoms with Crippen LogP contribution in [0.1, 0.15) is 38.5 Å². The van der Waals surface area contributed by atoms with E-state index in [2.05, 4.69) is 19.2 Å². The SMILES string of the molecule is CNC(CCC(C)C)c1ccc(Cl)o1. The zero-order chi connectivity index (χ0) is 10.6. The molecule has 14 heavy (non-hydrogen) atoms. The highest BCUT2D eigenvalue weighted by molar-refractivity contribution is 6.28. The quantitative estimate of drug-likeness (QED) is 0.812. The van der Waals surface area contributed by atoms with E-state index >= 15 is 0 Å². The van der Waals surface area contributed by atoms with Crippen LogP contribution in [0.4, 0.5) is 0 Å². The molecule has 0 aliphatic heterocycles. The molecule has 0 bridgehead atoms. The van der Waals surface area contributed by atoms with Crippen LogP contribution in [0.2, 0.25) is 5.22 Å². The lowest BCUT2D eigenvalue weighted by Gasteiger charge is -2.14. The van der Waals surface area contributed by atoms with Crippen molar-refractivity contribution in [1.82, 2.24) is 5.32 Å². The fraction of sp³-hybridized carbons (Fsp3) is 0.636. The fourth-order valence-corrected chi connectivity index (χ4v) is 1.60. The molecule has 0 aliphatic carbocycles. The Hall–Kier alpha value is -0.470. The Bertz CT molecular complexity index is 270. The first-order valence-corrected chi connectivity index (χ1v) is 5.43. The summed E-state index contributed by atoms with van der Waals surface area (Å²) in [5.74, 6) is 1.65. The lowest BCUT2D eigenvalue weighted by molar-refractivity contribution is 0.389. The van der Waals surface area contributed by atoms with Crippen LogP contribution in [0.25, 0.3) is 0 Å². The average Bonchev–Trinajstić information content (AvgIpc) is 2.53. The van der Waals surface area contributed by atoms with Crippen LogP contribution in [0.5, 0.6) is 0 Å². The van der Waals surface area contributed by atoms with E-state index in [1.165, 1.54) is 6.42 Å². The van der Waals surface area contributed by atoms with Gasteiger partial charge in [0.25, 0.3) is 0 Å². The third-order valence-corrected chi connectivity index (χ3v) is 2.52. The Kier molecular flexibility index (Phi) is 4.49. The standard InChI is InChI=1S/C11H18ClNO/c1-8(2)4-5-9(13-3)10-6-7-11(12)14-10/h6-9,13H,4-5H2,1-3H3. The summed E-state index contributed by atoms with van der Waals surface area (Å²) in [6, 6.07) is 4.00. The summed E-state index contributed by atoms with van der Waals surface area (Å²) in [4.78, 5) is 0. The van der Waals surface area contributed by atoms with Gasteiger partial charge in [-0.1, -0.05) is 13.8 Å². The second-order valence-corrected chi connectivity index (χ2v) is 4.33. The van der Waals surface area contributed by atoms with E-state index in [1.807, 2.05) is 13.1 Å². The van der Waals surface area contributed by atoms with Gasteiger partial charge in [-0.05, 0) is 49.5 Å². The van der Waals surface area contributed by atoms with Gasteiger partial charge < -0.3 is 9.73 Å². The maximum absolute atomic E-state index is 5.73. The van der Waals surface area contributed by atoms with Crippen molar-refractivity contribution in [2.75, 3.05) is 7.05 Å². The van der Waals surface area contributed by atoms with Crippen molar-refractivity contribution < 1.29 is 4.42 Å². The molecular weight excluding hydrogens is 198 g/mol. The maximum Gasteiger partial charge on any atom is 0.193 e. The fourth-order valence-electron chi connectivity index (χ4n) is 1.44. The highest BCUT2D eigenvalue weighted by Crippen LogP contribution is 2.24. The van der Waals surface area contributed by atoms with Crippen LogP contribution < -0.4 is 5.32 Å². The number of furan rings is 1. The summed E-state index contributed by atoms with van der Waals surface area (Å²) in [6.45, 7) is 4.45. The highest BCUT2D eigenvalue weighted by Gasteiger charge is 2.13. The van der Waals surface area contributed by atoms with Crippen LogP contribution in [-0.4, -0.2) is 7.05 Å². The van der Waals surface area contributed by atoms with Crippen molar-refractivity contribution in [3.8, 4) is 0 Å². The first kappa shape index (κ1) is 11.6. The van der Waals surface area contributed by atoms with Crippen molar-refractivity contribution in [1.29, 1.82) is 0 Å². The molecule has 1 unspecified atom stereocenters. The Balaban J connectivity index is 2.54. The van der Waals surface area contributed by atoms with E-state index < -0.39 is 0 Å². The van der Waals surface area contributed by atoms with Crippen molar-refractivity contribution >= 4 is 11.6 Å². The van der Waals surface area contributed by atoms with E-state index in [-0.39, 0.29) is 6.04 Å². The largest absolute Gasteiger partial charge is 0.448 e. The molecule has 1 heterocycles. The smallest absolute Gasteiger partial charge is 0.193 e. The monoisotopic (exact) mass is 215 g/mol. The molecule has 0 saturated carbocycles. The lowest BCUT2D eigenvalue weighted by Crippen LogP contribution is -2.16. The Morgan fingerprint density at radius 2 is 2.07 bits per heavy atom. The Labute approximate surface area is 90.6 Å². The average molecular weight is 216 g/mol. The number of nitrogens with one attached hydrogen (secondary N) is 1. The molecule has 0 saturated heterocycles. The lowest BCUT2D eigenvalue weighted by atomic mass is 10.0. The Morgan fingerprint density at radius 1 is 1.36 bits per heavy atom. The minimum Gasteiger partial charge on any atom is -0.448 e. The topological polar surface area (TPSA) is 25.2 Å². The van der Waals surface area contributed by atoms with Crippen molar-refractivity contribution in [3.05, 3.63) is 23.1 Å². The predicted octanol–water partition coefficient (Wildman–Crippen LogP) is 3.63. The van der Waals surface area contributed by atoms with Crippen LogP contribution in [-0.2, 0) is 0 Å². The number of hydrogen-bond acceptors (Lipinski definition) is 2. The van der Waals surface area contributed by atoms with E-state index in [1.54, 1.807) is 6.07 Å². The first-order valence-electron chi connectivity index (χ1n) is 5.06. The molecule has 2 nitrogen and oxygen atoms in total. The van der Waals surface area contributed by atoms with Crippen molar-refractivity contribution in [2.24, 2.45) is 5.92 Å². The molecule has 0 aliphatic rings. The summed E-state index contributed by atoms with van der Waals surface area (Å²) in [7, 11) is 1.95. The molecule has 3 heteroatoms. The first-order chi connectivity index (χ1) is 6.63. The predicted molar refractivity (Wildman–Crippen MR) is 59.6 cm³/mol. The molecule has 0 radical (unpaired) electrons. The minimum atomic E-state index is 0.282. The molecule has 0 amide bonds. The third-order valence-electron chi connectivity index (χ3n) is 2.32. The zero-order valence-electron chi connectivity index (χ0n) is 9.01. The van der Waals surface area contributed by atoms with Crippen LogP contribution in [0.15, 0.2) is 16.5 Å². The molecule has 1 N–H and O–H groups in total. The molecule has 1 atom stereocenters. The van der Waals surface area contributed by atoms with Crippen molar-refractivity contribution in [2.45, 2.75) is 32.7 Å². The van der Waals surface area contributed by atoms with Gasteiger partial charge in [0.15, 0.2) is 5.22 Å². The number of halogens is 1. The third kappa shape index (κ3) is 3.35. The summed E-state index contributed by atoms with van der Waals surface area (Å²) < 4.78 is 5.37. The summed E-state index contributed by atoms with van der Waals surface area (Å²) in [5, 5.41) is 3.70. The van der Waals surface area contributed by atoms with Gasteiger partial charge in [0.05, 0.1) is 6.04 Å². The van der Waals surface area contributed by atoms with Crippen LogP contribution in [0, 0.1) is 5.92 Å². The van der Waals surface area contributed by atoms with Gasteiger partial charge in [-0.3, -0.25) is 0 Å². The molecule has 1 aromatic heterocycles. The van der Waals surface area contributed by atoms with E-state index in [0.717, 1.165) is 18.1 Å². The van der Waals surface area contributed by atoms with Gasteiger partial charge >= 0.3 is 0 Å². The molecule has 0 aromatic carbocycles. The van der Waals surface area contributed by atoms with Gasteiger partial charge in [-0.15, -0.1) is 0 Å². The van der Waals surface area contributed by atoms with Gasteiger partial charge in [0, 0.05) is 0 Å². The summed E-state index contributed by atoms with van der Waals surface area (Å²) in [6.07, 6.45) is 2.27. The van der Waals surface area contributed by atoms with Gasteiger partial charge in [0.2, 0.25) is 0 Å². The molecule has 80 valence electrons. The summed E-state index contributed by atoms with van der Waals surface area (Å²) in [5.41, 5.74) is 0. The van der Waals surface area contributed by atoms with Gasteiger partial charge in [-0.25, -0.2) is 0 Å². The normalized spacial score (nSPS) is 13.5. The second kappa shape index (κ2) is 5.42. The van der Waals surface area contributed by atoms with Crippen LogP contribution >= 0.6 is 11.6 Å². The van der Waals surface area contributed by atoms with Crippen LogP contribution in [0.3, 0.4) is 0 Å². The van der Waals surface area contributed by atoms with Crippen molar-refractivity contribution in [3.63, 3.8) is 0 Å². The molecule has 1 rings (SSSR count). The summed E-state index contributed by atoms with van der Waals surface area (Å²) >= 11 is 5.73. The molecular formula is C11H18ClNO. The van der Waals surface area contributed by atoms with E-state index in [9.17, 15) is 0 Å². The van der Waals surface area contributed by atoms with E-state index in [0.29, 0.717) is 5.22 Å². The maximum atomic E-state index is 5.73. The molecule has 1 aromatic rings. The second-order valence-electron chi connectivity index (χ2n) is 3.95.